The highest BCUT2D eigenvalue weighted by Gasteiger charge is 2.48. The minimum absolute atomic E-state index is 0.0388. The number of rotatable bonds is 10. The van der Waals surface area contributed by atoms with E-state index in [1.54, 1.807) is 109 Å². The Morgan fingerprint density at radius 1 is 0.246 bits per heavy atom. The molecule has 1 aliphatic rings. The fourth-order valence-electron chi connectivity index (χ4n) is 8.14. The van der Waals surface area contributed by atoms with Crippen molar-refractivity contribution in [3.8, 4) is 11.1 Å². The zero-order chi connectivity index (χ0) is 42.6. The topological polar surface area (TPSA) is 137 Å². The lowest BCUT2D eigenvalue weighted by atomic mass is 9.68. The Labute approximate surface area is 355 Å². The van der Waals surface area contributed by atoms with Gasteiger partial charge in [-0.25, -0.2) is 33.7 Å². The first-order valence-corrected chi connectivity index (χ1v) is 24.9. The molecule has 0 heterocycles. The van der Waals surface area contributed by atoms with E-state index in [0.29, 0.717) is 33.4 Å². The van der Waals surface area contributed by atoms with Crippen molar-refractivity contribution < 1.29 is 33.7 Å². The predicted molar refractivity (Wildman–Crippen MR) is 231 cm³/mol. The van der Waals surface area contributed by atoms with Crippen molar-refractivity contribution in [1.82, 2.24) is 0 Å². The first kappa shape index (κ1) is 40.0. The van der Waals surface area contributed by atoms with E-state index < -0.39 is 44.8 Å². The Balaban J connectivity index is 1.41. The molecule has 12 heteroatoms. The maximum atomic E-state index is 14.4. The summed E-state index contributed by atoms with van der Waals surface area (Å²) >= 11 is 0. The number of benzene rings is 8. The predicted octanol–water partition coefficient (Wildman–Crippen LogP) is 9.38. The molecule has 0 saturated heterocycles. The summed E-state index contributed by atoms with van der Waals surface area (Å²) in [6.07, 6.45) is 0. The minimum atomic E-state index is -4.15. The highest BCUT2D eigenvalue weighted by Crippen LogP contribution is 2.58. The van der Waals surface area contributed by atoms with E-state index in [1.807, 2.05) is 0 Å². The van der Waals surface area contributed by atoms with Crippen LogP contribution in [0.2, 0.25) is 0 Å². The van der Waals surface area contributed by atoms with Gasteiger partial charge in [0.15, 0.2) is 0 Å². The number of hydrogen-bond acceptors (Lipinski definition) is 8. The van der Waals surface area contributed by atoms with Crippen LogP contribution < -0.4 is 0 Å². The van der Waals surface area contributed by atoms with E-state index in [0.717, 1.165) is 0 Å². The van der Waals surface area contributed by atoms with Gasteiger partial charge in [-0.1, -0.05) is 109 Å². The molecular formula is C49H34O8S4. The van der Waals surface area contributed by atoms with Crippen LogP contribution in [0, 0.1) is 0 Å². The number of fused-ring (bicyclic) bond motifs is 3. The van der Waals surface area contributed by atoms with E-state index in [1.165, 1.54) is 97.1 Å². The van der Waals surface area contributed by atoms with Gasteiger partial charge in [-0.05, 0) is 130 Å². The third-order valence-electron chi connectivity index (χ3n) is 11.1. The van der Waals surface area contributed by atoms with E-state index in [2.05, 4.69) is 0 Å². The van der Waals surface area contributed by atoms with Gasteiger partial charge in [0.2, 0.25) is 39.3 Å². The Morgan fingerprint density at radius 2 is 0.508 bits per heavy atom. The Kier molecular flexibility index (Phi) is 9.79. The summed E-state index contributed by atoms with van der Waals surface area (Å²) in [4.78, 5) is -0.160. The molecule has 0 aromatic heterocycles. The molecule has 0 unspecified atom stereocenters. The van der Waals surface area contributed by atoms with E-state index in [4.69, 9.17) is 0 Å². The van der Waals surface area contributed by atoms with Crippen LogP contribution in [0.25, 0.3) is 11.1 Å². The van der Waals surface area contributed by atoms with Crippen LogP contribution in [0.15, 0.2) is 245 Å². The van der Waals surface area contributed by atoms with Crippen LogP contribution in [0.1, 0.15) is 22.3 Å². The van der Waals surface area contributed by atoms with Crippen molar-refractivity contribution in [3.63, 3.8) is 0 Å². The molecule has 0 fully saturated rings. The quantitative estimate of drug-likeness (QED) is 0.133. The molecule has 8 aromatic rings. The summed E-state index contributed by atoms with van der Waals surface area (Å²) in [5.41, 5.74) is 0.773. The first-order chi connectivity index (χ1) is 29.3. The Hall–Kier alpha value is -6.44. The minimum Gasteiger partial charge on any atom is -0.219 e. The molecule has 0 spiro atoms. The molecule has 0 N–H and O–H groups in total. The summed E-state index contributed by atoms with van der Waals surface area (Å²) in [6, 6.07) is 53.4. The molecule has 0 aliphatic heterocycles. The monoisotopic (exact) mass is 878 g/mol. The van der Waals surface area contributed by atoms with Crippen LogP contribution in [0.3, 0.4) is 0 Å². The molecule has 1 aliphatic carbocycles. The fourth-order valence-corrected chi connectivity index (χ4v) is 13.4. The lowest BCUT2D eigenvalue weighted by Crippen LogP contribution is -2.30. The Bertz CT molecular complexity index is 3220. The highest BCUT2D eigenvalue weighted by atomic mass is 32.2. The molecule has 0 amide bonds. The van der Waals surface area contributed by atoms with Crippen molar-refractivity contribution in [2.75, 3.05) is 0 Å². The van der Waals surface area contributed by atoms with E-state index >= 15 is 0 Å². The highest BCUT2D eigenvalue weighted by molar-refractivity contribution is 7.92. The van der Waals surface area contributed by atoms with Gasteiger partial charge in [0.05, 0.1) is 44.6 Å². The molecule has 8 nitrogen and oxygen atoms in total. The standard InChI is InChI=1S/C49H34O8S4/c50-58(51,37-17-5-1-6-18-37)41-25-13-15-35(31-41)49(36-16-14-26-42(32-36)59(52,53)38-19-7-2-8-20-38)47-33-43(60(54,55)39-21-9-3-10-22-39)27-29-45(47)46-30-28-44(34-48(46)49)61(56,57)40-23-11-4-12-24-40/h1-34H. The average molecular weight is 879 g/mol. The van der Waals surface area contributed by atoms with Gasteiger partial charge in [0, 0.05) is 0 Å². The summed E-state index contributed by atoms with van der Waals surface area (Å²) in [5, 5.41) is 0. The molecular weight excluding hydrogens is 845 g/mol. The third kappa shape index (κ3) is 6.54. The van der Waals surface area contributed by atoms with Crippen molar-refractivity contribution in [2.45, 2.75) is 44.6 Å². The second kappa shape index (κ2) is 14.9. The summed E-state index contributed by atoms with van der Waals surface area (Å²) in [6.45, 7) is 0. The molecule has 302 valence electrons. The van der Waals surface area contributed by atoms with E-state index in [9.17, 15) is 33.7 Å². The average Bonchev–Trinajstić information content (AvgIpc) is 3.60. The zero-order valence-electron chi connectivity index (χ0n) is 32.0. The first-order valence-electron chi connectivity index (χ1n) is 19.0. The normalized spacial score (nSPS) is 13.6. The second-order valence-corrected chi connectivity index (χ2v) is 22.3. The summed E-state index contributed by atoms with van der Waals surface area (Å²) in [7, 11) is -16.6. The second-order valence-electron chi connectivity index (χ2n) is 14.5. The van der Waals surface area contributed by atoms with Crippen molar-refractivity contribution in [1.29, 1.82) is 0 Å². The van der Waals surface area contributed by atoms with Crippen LogP contribution >= 0.6 is 0 Å². The van der Waals surface area contributed by atoms with Gasteiger partial charge >= 0.3 is 0 Å². The van der Waals surface area contributed by atoms with Crippen molar-refractivity contribution in [3.05, 3.63) is 229 Å². The third-order valence-corrected chi connectivity index (χ3v) is 18.1. The SMILES string of the molecule is O=S(=O)(c1ccccc1)c1cccc(C2(c3cccc(S(=O)(=O)c4ccccc4)c3)c3cc(S(=O)(=O)c4ccccc4)ccc3-c3ccc(S(=O)(=O)c4ccccc4)cc32)c1. The van der Waals surface area contributed by atoms with Gasteiger partial charge in [0.1, 0.15) is 0 Å². The van der Waals surface area contributed by atoms with Crippen LogP contribution in [0.4, 0.5) is 0 Å². The fraction of sp³-hybridized carbons (Fsp3) is 0.0204. The number of sulfone groups is 4. The van der Waals surface area contributed by atoms with Crippen molar-refractivity contribution in [2.24, 2.45) is 0 Å². The van der Waals surface area contributed by atoms with Gasteiger partial charge in [-0.15, -0.1) is 0 Å². The van der Waals surface area contributed by atoms with Crippen LogP contribution in [-0.4, -0.2) is 33.7 Å². The van der Waals surface area contributed by atoms with E-state index in [-0.39, 0.29) is 39.2 Å². The molecule has 8 aromatic carbocycles. The maximum Gasteiger partial charge on any atom is 0.206 e. The molecule has 0 bridgehead atoms. The zero-order valence-corrected chi connectivity index (χ0v) is 35.3. The van der Waals surface area contributed by atoms with Gasteiger partial charge in [-0.2, -0.15) is 0 Å². The largest absolute Gasteiger partial charge is 0.219 e. The summed E-state index contributed by atoms with van der Waals surface area (Å²) in [5.74, 6) is 0. The van der Waals surface area contributed by atoms with Gasteiger partial charge in [0.25, 0.3) is 0 Å². The molecule has 0 atom stereocenters. The lowest BCUT2D eigenvalue weighted by molar-refractivity contribution is 0.594. The number of hydrogen-bond donors (Lipinski definition) is 0. The molecule has 0 radical (unpaired) electrons. The van der Waals surface area contributed by atoms with Crippen LogP contribution in [0.5, 0.6) is 0 Å². The van der Waals surface area contributed by atoms with Gasteiger partial charge < -0.3 is 0 Å². The molecule has 61 heavy (non-hydrogen) atoms. The molecule has 0 saturated carbocycles. The smallest absolute Gasteiger partial charge is 0.206 e. The maximum absolute atomic E-state index is 14.4. The summed E-state index contributed by atoms with van der Waals surface area (Å²) < 4.78 is 115. The molecule has 9 rings (SSSR count). The van der Waals surface area contributed by atoms with Gasteiger partial charge in [-0.3, -0.25) is 0 Å². The van der Waals surface area contributed by atoms with Crippen LogP contribution in [-0.2, 0) is 44.8 Å². The van der Waals surface area contributed by atoms with Crippen molar-refractivity contribution >= 4 is 39.3 Å². The lowest BCUT2D eigenvalue weighted by Gasteiger charge is -2.35. The Morgan fingerprint density at radius 3 is 0.803 bits per heavy atom.